The van der Waals surface area contributed by atoms with Crippen LogP contribution in [0, 0.1) is 6.92 Å². The summed E-state index contributed by atoms with van der Waals surface area (Å²) in [5.41, 5.74) is 4.89. The Morgan fingerprint density at radius 3 is 2.81 bits per heavy atom. The van der Waals surface area contributed by atoms with Crippen LogP contribution in [0.2, 0.25) is 0 Å². The number of aryl methyl sites for hydroxylation is 2. The lowest BCUT2D eigenvalue weighted by Gasteiger charge is -2.35. The number of nitrogens with one attached hydrogen (secondary N) is 1. The van der Waals surface area contributed by atoms with Crippen molar-refractivity contribution in [2.45, 2.75) is 38.6 Å². The molecule has 4 heterocycles. The number of pyridine rings is 2. The van der Waals surface area contributed by atoms with E-state index in [9.17, 15) is 4.79 Å². The van der Waals surface area contributed by atoms with Gasteiger partial charge in [0.2, 0.25) is 0 Å². The molecule has 2 aromatic heterocycles. The Hall–Kier alpha value is -3.77. The van der Waals surface area contributed by atoms with Gasteiger partial charge >= 0.3 is 0 Å². The number of hydrogen-bond acceptors (Lipinski definition) is 5. The van der Waals surface area contributed by atoms with Crippen molar-refractivity contribution in [3.63, 3.8) is 0 Å². The second kappa shape index (κ2) is 9.70. The lowest BCUT2D eigenvalue weighted by atomic mass is 9.98. The van der Waals surface area contributed by atoms with Gasteiger partial charge in [-0.1, -0.05) is 30.3 Å². The fourth-order valence-electron chi connectivity index (χ4n) is 5.47. The molecule has 0 saturated carbocycles. The Labute approximate surface area is 211 Å². The van der Waals surface area contributed by atoms with Crippen LogP contribution in [0.25, 0.3) is 21.9 Å². The number of benzene rings is 2. The summed E-state index contributed by atoms with van der Waals surface area (Å²) in [6, 6.07) is 16.1. The highest BCUT2D eigenvalue weighted by atomic mass is 16.5. The summed E-state index contributed by atoms with van der Waals surface area (Å²) in [5.74, 6) is 1.63. The van der Waals surface area contributed by atoms with Crippen molar-refractivity contribution in [2.75, 3.05) is 24.6 Å². The first-order chi connectivity index (χ1) is 17.7. The summed E-state index contributed by atoms with van der Waals surface area (Å²) in [4.78, 5) is 25.2. The van der Waals surface area contributed by atoms with Gasteiger partial charge in [0.15, 0.2) is 0 Å². The molecule has 2 aliphatic heterocycles. The molecule has 36 heavy (non-hydrogen) atoms. The van der Waals surface area contributed by atoms with Gasteiger partial charge in [0, 0.05) is 47.2 Å². The molecule has 0 bridgehead atoms. The molecule has 0 aliphatic carbocycles. The Morgan fingerprint density at radius 2 is 1.97 bits per heavy atom. The minimum absolute atomic E-state index is 0.0250. The van der Waals surface area contributed by atoms with Crippen molar-refractivity contribution >= 4 is 22.5 Å². The average Bonchev–Trinajstić information content (AvgIpc) is 2.94. The number of amides is 1. The molecule has 6 nitrogen and oxygen atoms in total. The Kier molecular flexibility index (Phi) is 6.11. The van der Waals surface area contributed by atoms with Gasteiger partial charge in [0.25, 0.3) is 5.91 Å². The average molecular weight is 479 g/mol. The third-order valence-electron chi connectivity index (χ3n) is 7.31. The molecule has 1 saturated heterocycles. The molecule has 0 spiro atoms. The number of piperidine rings is 1. The summed E-state index contributed by atoms with van der Waals surface area (Å²) in [6.45, 7) is 4.54. The standard InChI is InChI=1S/C30H30N4O2/c1-20-5-2-6-22-13-15-33-29(27(20)22)34(25-8-3-14-31-18-25)30(35)23-11-9-21(10-12-23)26-19-32-17-24-7-4-16-36-28(24)26/h2,5-6,9-13,15,17,19,25,31H,3-4,7-8,14,16,18H2,1H3/t25-/m1/s1. The number of rotatable bonds is 4. The predicted molar refractivity (Wildman–Crippen MR) is 143 cm³/mol. The van der Waals surface area contributed by atoms with Crippen LogP contribution in [0.3, 0.4) is 0 Å². The van der Waals surface area contributed by atoms with E-state index in [4.69, 9.17) is 9.72 Å². The summed E-state index contributed by atoms with van der Waals surface area (Å²) in [5, 5.41) is 5.60. The van der Waals surface area contributed by atoms with Crippen molar-refractivity contribution in [3.05, 3.63) is 83.8 Å². The number of hydrogen-bond donors (Lipinski definition) is 1. The topological polar surface area (TPSA) is 67.4 Å². The molecule has 1 fully saturated rings. The van der Waals surface area contributed by atoms with Crippen LogP contribution in [-0.4, -0.2) is 41.6 Å². The van der Waals surface area contributed by atoms with Crippen molar-refractivity contribution < 1.29 is 9.53 Å². The van der Waals surface area contributed by atoms with Crippen molar-refractivity contribution in [3.8, 4) is 16.9 Å². The minimum Gasteiger partial charge on any atom is -0.493 e. The normalized spacial score (nSPS) is 17.3. The van der Waals surface area contributed by atoms with E-state index in [0.717, 1.165) is 90.0 Å². The lowest BCUT2D eigenvalue weighted by Crippen LogP contribution is -2.49. The molecular weight excluding hydrogens is 448 g/mol. The van der Waals surface area contributed by atoms with Crippen LogP contribution >= 0.6 is 0 Å². The maximum absolute atomic E-state index is 14.1. The zero-order valence-corrected chi connectivity index (χ0v) is 20.5. The van der Waals surface area contributed by atoms with Gasteiger partial charge in [-0.3, -0.25) is 14.7 Å². The molecule has 1 N–H and O–H groups in total. The zero-order valence-electron chi connectivity index (χ0n) is 20.5. The number of carbonyl (C=O) groups excluding carboxylic acids is 1. The third kappa shape index (κ3) is 4.11. The summed E-state index contributed by atoms with van der Waals surface area (Å²) >= 11 is 0. The van der Waals surface area contributed by atoms with Crippen molar-refractivity contribution in [1.82, 2.24) is 15.3 Å². The fraction of sp³-hybridized carbons (Fsp3) is 0.300. The summed E-state index contributed by atoms with van der Waals surface area (Å²) < 4.78 is 5.98. The number of fused-ring (bicyclic) bond motifs is 2. The minimum atomic E-state index is -0.0250. The van der Waals surface area contributed by atoms with E-state index in [0.29, 0.717) is 5.56 Å². The third-order valence-corrected chi connectivity index (χ3v) is 7.31. The predicted octanol–water partition coefficient (Wildman–Crippen LogP) is 5.33. The number of nitrogens with zero attached hydrogens (tertiary/aromatic N) is 3. The first-order valence-electron chi connectivity index (χ1n) is 12.8. The Morgan fingerprint density at radius 1 is 1.08 bits per heavy atom. The molecule has 1 amide bonds. The van der Waals surface area contributed by atoms with Crippen LogP contribution < -0.4 is 15.0 Å². The van der Waals surface area contributed by atoms with Gasteiger partial charge in [-0.2, -0.15) is 0 Å². The van der Waals surface area contributed by atoms with Crippen LogP contribution in [0.1, 0.15) is 40.7 Å². The van der Waals surface area contributed by atoms with E-state index >= 15 is 0 Å². The maximum Gasteiger partial charge on any atom is 0.259 e. The highest BCUT2D eigenvalue weighted by Crippen LogP contribution is 2.36. The summed E-state index contributed by atoms with van der Waals surface area (Å²) in [7, 11) is 0. The van der Waals surface area contributed by atoms with Gasteiger partial charge < -0.3 is 10.1 Å². The van der Waals surface area contributed by atoms with Crippen molar-refractivity contribution in [2.24, 2.45) is 0 Å². The monoisotopic (exact) mass is 478 g/mol. The van der Waals surface area contributed by atoms with Gasteiger partial charge in [0.05, 0.1) is 12.6 Å². The number of aromatic nitrogens is 2. The number of ether oxygens (including phenoxy) is 1. The zero-order chi connectivity index (χ0) is 24.5. The number of carbonyl (C=O) groups is 1. The molecule has 2 aromatic carbocycles. The second-order valence-electron chi connectivity index (χ2n) is 9.69. The van der Waals surface area contributed by atoms with E-state index in [1.165, 1.54) is 0 Å². The largest absolute Gasteiger partial charge is 0.493 e. The SMILES string of the molecule is Cc1cccc2ccnc(N(C(=O)c3ccc(-c4cncc5c4OCCC5)cc3)[C@@H]3CCCNC3)c12. The van der Waals surface area contributed by atoms with E-state index < -0.39 is 0 Å². The molecule has 6 heteroatoms. The molecule has 182 valence electrons. The number of anilines is 1. The van der Waals surface area contributed by atoms with Crippen LogP contribution in [0.15, 0.2) is 67.1 Å². The molecule has 4 aromatic rings. The van der Waals surface area contributed by atoms with Gasteiger partial charge in [-0.15, -0.1) is 0 Å². The van der Waals surface area contributed by atoms with E-state index in [1.807, 2.05) is 53.8 Å². The van der Waals surface area contributed by atoms with E-state index in [-0.39, 0.29) is 11.9 Å². The van der Waals surface area contributed by atoms with E-state index in [2.05, 4.69) is 35.4 Å². The highest BCUT2D eigenvalue weighted by Gasteiger charge is 2.30. The molecular formula is C30H30N4O2. The maximum atomic E-state index is 14.1. The second-order valence-corrected chi connectivity index (χ2v) is 9.69. The highest BCUT2D eigenvalue weighted by molar-refractivity contribution is 6.11. The molecule has 1 atom stereocenters. The Bertz CT molecular complexity index is 1410. The molecule has 0 radical (unpaired) electrons. The quantitative estimate of drug-likeness (QED) is 0.430. The molecule has 6 rings (SSSR count). The lowest BCUT2D eigenvalue weighted by molar-refractivity contribution is 0.0972. The first kappa shape index (κ1) is 22.7. The fourth-order valence-corrected chi connectivity index (χ4v) is 5.47. The van der Waals surface area contributed by atoms with E-state index in [1.54, 1.807) is 0 Å². The van der Waals surface area contributed by atoms with Gasteiger partial charge in [0.1, 0.15) is 11.6 Å². The van der Waals surface area contributed by atoms with Crippen molar-refractivity contribution in [1.29, 1.82) is 0 Å². The Balaban J connectivity index is 1.39. The van der Waals surface area contributed by atoms with Gasteiger partial charge in [-0.05, 0) is 73.9 Å². The van der Waals surface area contributed by atoms with Crippen LogP contribution in [0.5, 0.6) is 5.75 Å². The summed E-state index contributed by atoms with van der Waals surface area (Å²) in [6.07, 6.45) is 9.52. The van der Waals surface area contributed by atoms with Gasteiger partial charge in [-0.25, -0.2) is 4.98 Å². The van der Waals surface area contributed by atoms with Crippen LogP contribution in [0.4, 0.5) is 5.82 Å². The van der Waals surface area contributed by atoms with Crippen LogP contribution in [-0.2, 0) is 6.42 Å². The molecule has 2 aliphatic rings. The molecule has 0 unspecified atom stereocenters. The first-order valence-corrected chi connectivity index (χ1v) is 12.8. The smallest absolute Gasteiger partial charge is 0.259 e.